The summed E-state index contributed by atoms with van der Waals surface area (Å²) < 4.78 is 31.5. The lowest BCUT2D eigenvalue weighted by Gasteiger charge is -2.13. The molecule has 1 aromatic carbocycles. The maximum atomic E-state index is 12.2. The van der Waals surface area contributed by atoms with E-state index in [9.17, 15) is 13.2 Å². The van der Waals surface area contributed by atoms with E-state index in [-0.39, 0.29) is 27.8 Å². The molecule has 0 heterocycles. The summed E-state index contributed by atoms with van der Waals surface area (Å²) in [6.45, 7) is 5.26. The van der Waals surface area contributed by atoms with Crippen LogP contribution in [-0.4, -0.2) is 33.1 Å². The van der Waals surface area contributed by atoms with Crippen molar-refractivity contribution in [2.45, 2.75) is 11.8 Å². The fraction of sp³-hybridized carbons (Fsp3) is 0.250. The van der Waals surface area contributed by atoms with Crippen LogP contribution in [0.2, 0.25) is 5.02 Å². The molecule has 0 aliphatic rings. The maximum absolute atomic E-state index is 12.2. The van der Waals surface area contributed by atoms with Crippen molar-refractivity contribution < 1.29 is 23.1 Å². The van der Waals surface area contributed by atoms with E-state index in [4.69, 9.17) is 21.4 Å². The minimum atomic E-state index is -3.96. The molecule has 0 unspecified atom stereocenters. The Hall–Kier alpha value is -1.57. The second kappa shape index (κ2) is 6.25. The van der Waals surface area contributed by atoms with Crippen molar-refractivity contribution in [1.29, 1.82) is 0 Å². The van der Waals surface area contributed by atoms with E-state index in [0.29, 0.717) is 5.57 Å². The first-order valence-corrected chi connectivity index (χ1v) is 7.30. The summed E-state index contributed by atoms with van der Waals surface area (Å²) in [4.78, 5) is 10.8. The van der Waals surface area contributed by atoms with Gasteiger partial charge in [0.05, 0.1) is 7.11 Å². The quantitative estimate of drug-likeness (QED) is 0.781. The second-order valence-corrected chi connectivity index (χ2v) is 6.24. The fourth-order valence-electron chi connectivity index (χ4n) is 1.43. The van der Waals surface area contributed by atoms with Gasteiger partial charge >= 0.3 is 5.97 Å². The topological polar surface area (TPSA) is 92.7 Å². The summed E-state index contributed by atoms with van der Waals surface area (Å²) in [5.74, 6) is -1.60. The highest BCUT2D eigenvalue weighted by molar-refractivity contribution is 7.89. The van der Waals surface area contributed by atoms with Gasteiger partial charge in [-0.2, -0.15) is 0 Å². The highest BCUT2D eigenvalue weighted by atomic mass is 35.5. The van der Waals surface area contributed by atoms with E-state index >= 15 is 0 Å². The number of carbonyl (C=O) groups is 1. The molecule has 8 heteroatoms. The fourth-order valence-corrected chi connectivity index (χ4v) is 3.03. The van der Waals surface area contributed by atoms with Crippen LogP contribution in [0.4, 0.5) is 0 Å². The van der Waals surface area contributed by atoms with Crippen LogP contribution in [0.25, 0.3) is 0 Å². The van der Waals surface area contributed by atoms with Crippen molar-refractivity contribution in [3.8, 4) is 5.75 Å². The molecule has 0 atom stereocenters. The summed E-state index contributed by atoms with van der Waals surface area (Å²) in [6, 6.07) is 2.26. The van der Waals surface area contributed by atoms with E-state index in [2.05, 4.69) is 11.3 Å². The van der Waals surface area contributed by atoms with Gasteiger partial charge in [-0.25, -0.2) is 17.9 Å². The van der Waals surface area contributed by atoms with Crippen LogP contribution in [-0.2, 0) is 10.0 Å². The van der Waals surface area contributed by atoms with Crippen LogP contribution in [0.3, 0.4) is 0 Å². The lowest BCUT2D eigenvalue weighted by atomic mass is 10.2. The highest BCUT2D eigenvalue weighted by Gasteiger charge is 2.25. The first-order chi connectivity index (χ1) is 9.19. The Morgan fingerprint density at radius 1 is 1.50 bits per heavy atom. The average molecular weight is 320 g/mol. The molecular formula is C12H14ClNO5S. The van der Waals surface area contributed by atoms with Gasteiger partial charge in [-0.1, -0.05) is 23.8 Å². The average Bonchev–Trinajstić information content (AvgIpc) is 2.35. The Morgan fingerprint density at radius 3 is 2.55 bits per heavy atom. The largest absolute Gasteiger partial charge is 0.494 e. The maximum Gasteiger partial charge on any atom is 0.339 e. The van der Waals surface area contributed by atoms with Crippen LogP contribution in [0.1, 0.15) is 17.3 Å². The van der Waals surface area contributed by atoms with Gasteiger partial charge in [0, 0.05) is 11.6 Å². The van der Waals surface area contributed by atoms with Crippen LogP contribution in [0.15, 0.2) is 29.2 Å². The SMILES string of the molecule is C=C(C)CNS(=O)(=O)c1cc(Cl)cc(C(=O)O)c1OC. The first kappa shape index (κ1) is 16.5. The van der Waals surface area contributed by atoms with E-state index in [1.165, 1.54) is 7.11 Å². The predicted molar refractivity (Wildman–Crippen MR) is 75.0 cm³/mol. The third-order valence-electron chi connectivity index (χ3n) is 2.31. The normalized spacial score (nSPS) is 11.2. The number of hydrogen-bond donors (Lipinski definition) is 2. The molecule has 20 heavy (non-hydrogen) atoms. The molecule has 0 aliphatic heterocycles. The van der Waals surface area contributed by atoms with Gasteiger partial charge in [0.1, 0.15) is 10.5 Å². The van der Waals surface area contributed by atoms with Gasteiger partial charge < -0.3 is 9.84 Å². The number of aromatic carboxylic acids is 1. The summed E-state index contributed by atoms with van der Waals surface area (Å²) >= 11 is 5.76. The standard InChI is InChI=1S/C12H14ClNO5S/c1-7(2)6-14-20(17,18)10-5-8(13)4-9(12(15)16)11(10)19-3/h4-5,14H,1,6H2,2-3H3,(H,15,16). The molecular weight excluding hydrogens is 306 g/mol. The van der Waals surface area contributed by atoms with Gasteiger partial charge in [-0.3, -0.25) is 0 Å². The summed E-state index contributed by atoms with van der Waals surface area (Å²) in [7, 11) is -2.77. The number of nitrogens with one attached hydrogen (secondary N) is 1. The van der Waals surface area contributed by atoms with Gasteiger partial charge in [-0.15, -0.1) is 0 Å². The number of carboxylic acids is 1. The van der Waals surface area contributed by atoms with Crippen LogP contribution in [0, 0.1) is 0 Å². The van der Waals surface area contributed by atoms with Crippen molar-refractivity contribution in [3.63, 3.8) is 0 Å². The van der Waals surface area contributed by atoms with Crippen molar-refractivity contribution in [2.24, 2.45) is 0 Å². The van der Waals surface area contributed by atoms with Crippen LogP contribution >= 0.6 is 11.6 Å². The number of carboxylic acid groups (broad SMARTS) is 1. The van der Waals surface area contributed by atoms with E-state index < -0.39 is 16.0 Å². The van der Waals surface area contributed by atoms with Gasteiger partial charge in [0.25, 0.3) is 0 Å². The molecule has 0 spiro atoms. The molecule has 0 aromatic heterocycles. The number of ether oxygens (including phenoxy) is 1. The van der Waals surface area contributed by atoms with E-state index in [1.54, 1.807) is 6.92 Å². The molecule has 1 rings (SSSR count). The molecule has 6 nitrogen and oxygen atoms in total. The van der Waals surface area contributed by atoms with Crippen LogP contribution in [0.5, 0.6) is 5.75 Å². The molecule has 110 valence electrons. The third-order valence-corrected chi connectivity index (χ3v) is 3.93. The monoisotopic (exact) mass is 319 g/mol. The zero-order chi connectivity index (χ0) is 15.5. The third kappa shape index (κ3) is 3.72. The van der Waals surface area contributed by atoms with Crippen LogP contribution < -0.4 is 9.46 Å². The van der Waals surface area contributed by atoms with Crippen molar-refractivity contribution >= 4 is 27.6 Å². The zero-order valence-corrected chi connectivity index (χ0v) is 12.5. The van der Waals surface area contributed by atoms with Crippen molar-refractivity contribution in [2.75, 3.05) is 13.7 Å². The zero-order valence-electron chi connectivity index (χ0n) is 10.9. The van der Waals surface area contributed by atoms with E-state index in [0.717, 1.165) is 12.1 Å². The van der Waals surface area contributed by atoms with E-state index in [1.807, 2.05) is 0 Å². The molecule has 0 fully saturated rings. The Morgan fingerprint density at radius 2 is 2.10 bits per heavy atom. The minimum absolute atomic E-state index is 0.0149. The molecule has 0 bridgehead atoms. The molecule has 1 aromatic rings. The predicted octanol–water partition coefficient (Wildman–Crippen LogP) is 1.90. The molecule has 0 saturated carbocycles. The second-order valence-electron chi connectivity index (χ2n) is 4.07. The van der Waals surface area contributed by atoms with Crippen molar-refractivity contribution in [1.82, 2.24) is 4.72 Å². The van der Waals surface area contributed by atoms with Gasteiger partial charge in [0.15, 0.2) is 5.75 Å². The molecule has 0 radical (unpaired) electrons. The molecule has 2 N–H and O–H groups in total. The number of halogens is 1. The number of benzene rings is 1. The van der Waals surface area contributed by atoms with Crippen molar-refractivity contribution in [3.05, 3.63) is 34.9 Å². The Labute approximate surface area is 122 Å². The molecule has 0 saturated heterocycles. The summed E-state index contributed by atoms with van der Waals surface area (Å²) in [5, 5.41) is 9.05. The number of methoxy groups -OCH3 is 1. The minimum Gasteiger partial charge on any atom is -0.494 e. The number of sulfonamides is 1. The lowest BCUT2D eigenvalue weighted by Crippen LogP contribution is -2.26. The van der Waals surface area contributed by atoms with Gasteiger partial charge in [0.2, 0.25) is 10.0 Å². The summed E-state index contributed by atoms with van der Waals surface area (Å²) in [6.07, 6.45) is 0. The van der Waals surface area contributed by atoms with Gasteiger partial charge in [-0.05, 0) is 19.1 Å². The smallest absolute Gasteiger partial charge is 0.339 e. The Balaban J connectivity index is 3.43. The Bertz CT molecular complexity index is 654. The molecule has 0 amide bonds. The first-order valence-electron chi connectivity index (χ1n) is 5.44. The number of hydrogen-bond acceptors (Lipinski definition) is 4. The number of rotatable bonds is 6. The lowest BCUT2D eigenvalue weighted by molar-refractivity contribution is 0.0693. The molecule has 0 aliphatic carbocycles. The summed E-state index contributed by atoms with van der Waals surface area (Å²) in [5.41, 5.74) is 0.281. The Kier molecular flexibility index (Phi) is 5.15. The highest BCUT2D eigenvalue weighted by Crippen LogP contribution is 2.31.